The summed E-state index contributed by atoms with van der Waals surface area (Å²) in [5.74, 6) is 0. The lowest BCUT2D eigenvalue weighted by atomic mass is 10.1. The van der Waals surface area contributed by atoms with Gasteiger partial charge in [-0.1, -0.05) is 0 Å². The van der Waals surface area contributed by atoms with Crippen LogP contribution in [0.1, 0.15) is 38.3 Å². The normalized spacial score (nSPS) is 24.4. The zero-order chi connectivity index (χ0) is 9.26. The summed E-state index contributed by atoms with van der Waals surface area (Å²) >= 11 is 0. The molecule has 1 atom stereocenters. The Morgan fingerprint density at radius 2 is 2.38 bits per heavy atom. The maximum absolute atomic E-state index is 5.13. The second kappa shape index (κ2) is 3.54. The van der Waals surface area contributed by atoms with Crippen LogP contribution in [0.25, 0.3) is 0 Å². The van der Waals surface area contributed by atoms with Crippen LogP contribution in [0.15, 0.2) is 23.0 Å². The van der Waals surface area contributed by atoms with E-state index in [-0.39, 0.29) is 0 Å². The Kier molecular flexibility index (Phi) is 2.40. The van der Waals surface area contributed by atoms with Crippen LogP contribution in [0.2, 0.25) is 0 Å². The molecule has 0 aliphatic carbocycles. The Hall–Kier alpha value is -0.760. The molecule has 0 amide bonds. The van der Waals surface area contributed by atoms with E-state index in [2.05, 4.69) is 24.8 Å². The van der Waals surface area contributed by atoms with Crippen molar-refractivity contribution in [2.45, 2.75) is 38.8 Å². The lowest BCUT2D eigenvalue weighted by Gasteiger charge is -2.27. The molecule has 13 heavy (non-hydrogen) atoms. The molecule has 0 aromatic carbocycles. The van der Waals surface area contributed by atoms with Gasteiger partial charge in [0.05, 0.1) is 12.5 Å². The molecule has 2 heteroatoms. The Labute approximate surface area is 79.5 Å². The molecule has 0 spiro atoms. The maximum atomic E-state index is 5.13. The van der Waals surface area contributed by atoms with Gasteiger partial charge in [0.1, 0.15) is 0 Å². The standard InChI is InChI=1S/C11H17NO/c1-9(2)12-6-3-4-11(12)10-5-7-13-8-10/h5,7-9,11H,3-4,6H2,1-2H3/t11-/m1/s1. The second-order valence-electron chi connectivity index (χ2n) is 4.05. The number of nitrogens with zero attached hydrogens (tertiary/aromatic N) is 1. The third-order valence-electron chi connectivity index (χ3n) is 2.89. The van der Waals surface area contributed by atoms with Gasteiger partial charge in [0.15, 0.2) is 0 Å². The molecule has 2 rings (SSSR count). The van der Waals surface area contributed by atoms with Gasteiger partial charge in [0, 0.05) is 17.6 Å². The van der Waals surface area contributed by atoms with Crippen molar-refractivity contribution in [2.75, 3.05) is 6.54 Å². The molecule has 1 aliphatic heterocycles. The fraction of sp³-hybridized carbons (Fsp3) is 0.636. The highest BCUT2D eigenvalue weighted by Gasteiger charge is 2.28. The van der Waals surface area contributed by atoms with Crippen LogP contribution in [0.5, 0.6) is 0 Å². The van der Waals surface area contributed by atoms with E-state index in [0.29, 0.717) is 12.1 Å². The van der Waals surface area contributed by atoms with Gasteiger partial charge in [-0.05, 0) is 39.3 Å². The summed E-state index contributed by atoms with van der Waals surface area (Å²) < 4.78 is 5.13. The van der Waals surface area contributed by atoms with Crippen molar-refractivity contribution < 1.29 is 4.42 Å². The highest BCUT2D eigenvalue weighted by Crippen LogP contribution is 2.33. The summed E-state index contributed by atoms with van der Waals surface area (Å²) in [4.78, 5) is 2.55. The predicted molar refractivity (Wildman–Crippen MR) is 52.5 cm³/mol. The Balaban J connectivity index is 2.14. The molecule has 1 aliphatic rings. The molecule has 0 radical (unpaired) electrons. The average molecular weight is 179 g/mol. The zero-order valence-corrected chi connectivity index (χ0v) is 8.36. The van der Waals surface area contributed by atoms with Crippen LogP contribution in [-0.4, -0.2) is 17.5 Å². The Morgan fingerprint density at radius 1 is 1.54 bits per heavy atom. The highest BCUT2D eigenvalue weighted by atomic mass is 16.3. The smallest absolute Gasteiger partial charge is 0.0950 e. The van der Waals surface area contributed by atoms with Crippen molar-refractivity contribution in [2.24, 2.45) is 0 Å². The number of furan rings is 1. The quantitative estimate of drug-likeness (QED) is 0.694. The summed E-state index contributed by atoms with van der Waals surface area (Å²) in [5, 5.41) is 0. The number of hydrogen-bond donors (Lipinski definition) is 0. The highest BCUT2D eigenvalue weighted by molar-refractivity contribution is 5.13. The van der Waals surface area contributed by atoms with Gasteiger partial charge >= 0.3 is 0 Å². The summed E-state index contributed by atoms with van der Waals surface area (Å²) in [6.45, 7) is 5.75. The van der Waals surface area contributed by atoms with Crippen molar-refractivity contribution in [1.29, 1.82) is 0 Å². The third kappa shape index (κ3) is 1.63. The molecule has 2 nitrogen and oxygen atoms in total. The zero-order valence-electron chi connectivity index (χ0n) is 8.36. The first kappa shape index (κ1) is 8.82. The third-order valence-corrected chi connectivity index (χ3v) is 2.89. The topological polar surface area (TPSA) is 16.4 Å². The SMILES string of the molecule is CC(C)N1CCC[C@@H]1c1ccoc1. The van der Waals surface area contributed by atoms with Crippen LogP contribution in [0.3, 0.4) is 0 Å². The molecule has 0 N–H and O–H groups in total. The van der Waals surface area contributed by atoms with E-state index in [1.165, 1.54) is 24.9 Å². The fourth-order valence-electron chi connectivity index (χ4n) is 2.23. The van der Waals surface area contributed by atoms with E-state index in [4.69, 9.17) is 4.42 Å². The first-order valence-electron chi connectivity index (χ1n) is 5.07. The molecule has 2 heterocycles. The Bertz CT molecular complexity index is 253. The fourth-order valence-corrected chi connectivity index (χ4v) is 2.23. The number of likely N-dealkylation sites (tertiary alicyclic amines) is 1. The molecule has 1 saturated heterocycles. The van der Waals surface area contributed by atoms with Crippen LogP contribution < -0.4 is 0 Å². The summed E-state index contributed by atoms with van der Waals surface area (Å²) in [6.07, 6.45) is 6.24. The molecule has 0 saturated carbocycles. The molecule has 1 aromatic rings. The van der Waals surface area contributed by atoms with Crippen LogP contribution in [0.4, 0.5) is 0 Å². The summed E-state index contributed by atoms with van der Waals surface area (Å²) in [5.41, 5.74) is 1.34. The Morgan fingerprint density at radius 3 is 3.00 bits per heavy atom. The molecule has 1 fully saturated rings. The van der Waals surface area contributed by atoms with Gasteiger partial charge in [-0.15, -0.1) is 0 Å². The van der Waals surface area contributed by atoms with Gasteiger partial charge in [0.25, 0.3) is 0 Å². The minimum Gasteiger partial charge on any atom is -0.472 e. The van der Waals surface area contributed by atoms with Crippen molar-refractivity contribution in [1.82, 2.24) is 4.90 Å². The number of hydrogen-bond acceptors (Lipinski definition) is 2. The minimum atomic E-state index is 0.596. The van der Waals surface area contributed by atoms with Gasteiger partial charge in [-0.2, -0.15) is 0 Å². The monoisotopic (exact) mass is 179 g/mol. The van der Waals surface area contributed by atoms with Crippen LogP contribution in [0, 0.1) is 0 Å². The number of rotatable bonds is 2. The first-order valence-corrected chi connectivity index (χ1v) is 5.07. The molecule has 1 aromatic heterocycles. The maximum Gasteiger partial charge on any atom is 0.0950 e. The van der Waals surface area contributed by atoms with E-state index in [1.54, 1.807) is 6.26 Å². The van der Waals surface area contributed by atoms with Crippen molar-refractivity contribution in [3.8, 4) is 0 Å². The average Bonchev–Trinajstić information content (AvgIpc) is 2.74. The largest absolute Gasteiger partial charge is 0.472 e. The van der Waals surface area contributed by atoms with E-state index in [1.807, 2.05) is 6.26 Å². The second-order valence-corrected chi connectivity index (χ2v) is 4.05. The van der Waals surface area contributed by atoms with Crippen LogP contribution >= 0.6 is 0 Å². The van der Waals surface area contributed by atoms with E-state index >= 15 is 0 Å². The van der Waals surface area contributed by atoms with Gasteiger partial charge in [0.2, 0.25) is 0 Å². The van der Waals surface area contributed by atoms with Gasteiger partial charge in [-0.25, -0.2) is 0 Å². The van der Waals surface area contributed by atoms with E-state index in [9.17, 15) is 0 Å². The molecule has 0 unspecified atom stereocenters. The molecule has 72 valence electrons. The van der Waals surface area contributed by atoms with E-state index < -0.39 is 0 Å². The van der Waals surface area contributed by atoms with Crippen molar-refractivity contribution in [3.63, 3.8) is 0 Å². The molecular weight excluding hydrogens is 162 g/mol. The van der Waals surface area contributed by atoms with Crippen molar-refractivity contribution >= 4 is 0 Å². The summed E-state index contributed by atoms with van der Waals surface area (Å²) in [6, 6.07) is 3.33. The van der Waals surface area contributed by atoms with Crippen molar-refractivity contribution in [3.05, 3.63) is 24.2 Å². The lowest BCUT2D eigenvalue weighted by molar-refractivity contribution is 0.205. The molecular formula is C11H17NO. The minimum absolute atomic E-state index is 0.596. The van der Waals surface area contributed by atoms with E-state index in [0.717, 1.165) is 0 Å². The van der Waals surface area contributed by atoms with Gasteiger partial charge in [-0.3, -0.25) is 4.90 Å². The van der Waals surface area contributed by atoms with Gasteiger partial charge < -0.3 is 4.42 Å². The first-order chi connectivity index (χ1) is 6.29. The summed E-state index contributed by atoms with van der Waals surface area (Å²) in [7, 11) is 0. The van der Waals surface area contributed by atoms with Crippen LogP contribution in [-0.2, 0) is 0 Å². The lowest BCUT2D eigenvalue weighted by Crippen LogP contribution is -2.29. The predicted octanol–water partition coefficient (Wildman–Crippen LogP) is 2.82. The molecule has 0 bridgehead atoms.